The molecular formula is C16H27NSi. The highest BCUT2D eigenvalue weighted by Gasteiger charge is 2.23. The Morgan fingerprint density at radius 3 is 2.50 bits per heavy atom. The van der Waals surface area contributed by atoms with E-state index >= 15 is 0 Å². The molecule has 0 bridgehead atoms. The molecule has 1 saturated carbocycles. The first-order valence-corrected chi connectivity index (χ1v) is 9.95. The molecule has 0 aromatic rings. The molecule has 1 N–H and O–H groups in total. The van der Waals surface area contributed by atoms with Crippen molar-refractivity contribution in [3.63, 3.8) is 0 Å². The molecule has 1 atom stereocenters. The van der Waals surface area contributed by atoms with E-state index in [1.54, 1.807) is 0 Å². The molecule has 1 aliphatic heterocycles. The third-order valence-electron chi connectivity index (χ3n) is 4.40. The lowest BCUT2D eigenvalue weighted by atomic mass is 9.87. The summed E-state index contributed by atoms with van der Waals surface area (Å²) in [6.45, 7) is 2.48. The van der Waals surface area contributed by atoms with Crippen molar-refractivity contribution in [2.24, 2.45) is 5.92 Å². The average Bonchev–Trinajstić information content (AvgIpc) is 2.61. The fourth-order valence-electron chi connectivity index (χ4n) is 3.40. The van der Waals surface area contributed by atoms with E-state index in [-0.39, 0.29) is 9.52 Å². The van der Waals surface area contributed by atoms with Crippen LogP contribution in [0.3, 0.4) is 0 Å². The second kappa shape index (κ2) is 7.62. The minimum Gasteiger partial charge on any atom is -0.365 e. The van der Waals surface area contributed by atoms with Gasteiger partial charge in [0.15, 0.2) is 0 Å². The summed E-state index contributed by atoms with van der Waals surface area (Å²) in [5.41, 5.74) is 2.34. The fourth-order valence-corrected chi connectivity index (χ4v) is 5.23. The second-order valence-corrected chi connectivity index (χ2v) is 7.33. The number of rotatable bonds is 3. The number of hydrogen-bond donors (Lipinski definition) is 1. The van der Waals surface area contributed by atoms with E-state index in [0.29, 0.717) is 0 Å². The lowest BCUT2D eigenvalue weighted by Gasteiger charge is -2.29. The van der Waals surface area contributed by atoms with Crippen LogP contribution < -0.4 is 5.32 Å². The molecule has 0 aromatic carbocycles. The SMILES string of the molecule is C[SiH2]C(C1=CC=CC=CN1)C1CCCCCCC1. The minimum absolute atomic E-state index is 0.00250. The van der Waals surface area contributed by atoms with E-state index in [1.165, 1.54) is 50.6 Å². The van der Waals surface area contributed by atoms with Crippen LogP contribution in [0.1, 0.15) is 44.9 Å². The van der Waals surface area contributed by atoms with Gasteiger partial charge in [-0.2, -0.15) is 0 Å². The lowest BCUT2D eigenvalue weighted by Crippen LogP contribution is -2.23. The number of allylic oxidation sites excluding steroid dienone is 5. The van der Waals surface area contributed by atoms with Crippen LogP contribution in [-0.4, -0.2) is 9.52 Å². The van der Waals surface area contributed by atoms with Crippen LogP contribution in [0.5, 0.6) is 0 Å². The summed E-state index contributed by atoms with van der Waals surface area (Å²) in [4.78, 5) is 0. The molecule has 1 unspecified atom stereocenters. The molecule has 2 rings (SSSR count). The molecule has 0 radical (unpaired) electrons. The van der Waals surface area contributed by atoms with Crippen molar-refractivity contribution in [3.8, 4) is 0 Å². The maximum absolute atomic E-state index is 3.52. The Hall–Kier alpha value is -0.763. The van der Waals surface area contributed by atoms with Crippen LogP contribution in [-0.2, 0) is 0 Å². The van der Waals surface area contributed by atoms with Crippen LogP contribution in [0.25, 0.3) is 0 Å². The number of hydrogen-bond acceptors (Lipinski definition) is 1. The van der Waals surface area contributed by atoms with E-state index in [4.69, 9.17) is 0 Å². The monoisotopic (exact) mass is 261 g/mol. The summed E-state index contributed by atoms with van der Waals surface area (Å²) in [6, 6.07) is 0. The van der Waals surface area contributed by atoms with Crippen molar-refractivity contribution in [1.82, 2.24) is 5.32 Å². The zero-order valence-corrected chi connectivity index (χ0v) is 13.1. The summed E-state index contributed by atoms with van der Waals surface area (Å²) in [5.74, 6) is 0.945. The second-order valence-electron chi connectivity index (χ2n) is 5.63. The highest BCUT2D eigenvalue weighted by atomic mass is 28.2. The molecule has 0 amide bonds. The van der Waals surface area contributed by atoms with E-state index in [1.807, 2.05) is 0 Å². The van der Waals surface area contributed by atoms with Crippen molar-refractivity contribution in [3.05, 3.63) is 36.2 Å². The van der Waals surface area contributed by atoms with Gasteiger partial charge in [0, 0.05) is 21.4 Å². The van der Waals surface area contributed by atoms with Crippen molar-refractivity contribution < 1.29 is 0 Å². The van der Waals surface area contributed by atoms with E-state index in [0.717, 1.165) is 11.5 Å². The quantitative estimate of drug-likeness (QED) is 0.760. The van der Waals surface area contributed by atoms with Gasteiger partial charge in [-0.3, -0.25) is 0 Å². The van der Waals surface area contributed by atoms with Gasteiger partial charge in [-0.25, -0.2) is 0 Å². The van der Waals surface area contributed by atoms with E-state index in [9.17, 15) is 0 Å². The molecule has 0 aromatic heterocycles. The first-order valence-electron chi connectivity index (χ1n) is 7.71. The maximum atomic E-state index is 3.52. The van der Waals surface area contributed by atoms with Gasteiger partial charge in [0.25, 0.3) is 0 Å². The van der Waals surface area contributed by atoms with Crippen molar-refractivity contribution in [1.29, 1.82) is 0 Å². The Bertz CT molecular complexity index is 322. The zero-order chi connectivity index (χ0) is 12.6. The van der Waals surface area contributed by atoms with Gasteiger partial charge in [-0.1, -0.05) is 63.6 Å². The summed E-state index contributed by atoms with van der Waals surface area (Å²) >= 11 is 0. The lowest BCUT2D eigenvalue weighted by molar-refractivity contribution is 0.371. The molecule has 18 heavy (non-hydrogen) atoms. The fraction of sp³-hybridized carbons (Fsp3) is 0.625. The van der Waals surface area contributed by atoms with Crippen molar-refractivity contribution >= 4 is 9.52 Å². The molecule has 1 nitrogen and oxygen atoms in total. The maximum Gasteiger partial charge on any atom is 0.0279 e. The van der Waals surface area contributed by atoms with Gasteiger partial charge in [0.05, 0.1) is 0 Å². The Balaban J connectivity index is 2.03. The van der Waals surface area contributed by atoms with Crippen LogP contribution in [0.15, 0.2) is 36.2 Å². The summed E-state index contributed by atoms with van der Waals surface area (Å²) in [5, 5.41) is 3.52. The van der Waals surface area contributed by atoms with Crippen LogP contribution in [0.2, 0.25) is 12.1 Å². The van der Waals surface area contributed by atoms with Crippen LogP contribution in [0, 0.1) is 5.92 Å². The van der Waals surface area contributed by atoms with Gasteiger partial charge < -0.3 is 5.32 Å². The van der Waals surface area contributed by atoms with Crippen LogP contribution >= 0.6 is 0 Å². The molecule has 1 heterocycles. The average molecular weight is 261 g/mol. The van der Waals surface area contributed by atoms with Gasteiger partial charge in [-0.05, 0) is 23.6 Å². The first kappa shape index (κ1) is 13.7. The van der Waals surface area contributed by atoms with Crippen LogP contribution in [0.4, 0.5) is 0 Å². The summed E-state index contributed by atoms with van der Waals surface area (Å²) in [7, 11) is -0.00250. The standard InChI is InChI=1S/C16H27NSi/c1-18-16(15-12-8-5-9-13-17-15)14-10-6-3-2-4-7-11-14/h5,8-9,12-14,16-17H,2-4,6-7,10-11,18H2,1H3. The third kappa shape index (κ3) is 3.87. The predicted octanol–water partition coefficient (Wildman–Crippen LogP) is 3.91. The molecule has 0 saturated heterocycles. The van der Waals surface area contributed by atoms with Gasteiger partial charge in [0.2, 0.25) is 0 Å². The topological polar surface area (TPSA) is 12.0 Å². The smallest absolute Gasteiger partial charge is 0.0279 e. The summed E-state index contributed by atoms with van der Waals surface area (Å²) in [6.07, 6.45) is 21.0. The van der Waals surface area contributed by atoms with Gasteiger partial charge in [-0.15, -0.1) is 0 Å². The Morgan fingerprint density at radius 1 is 1.06 bits per heavy atom. The predicted molar refractivity (Wildman–Crippen MR) is 83.5 cm³/mol. The third-order valence-corrected chi connectivity index (χ3v) is 6.39. The normalized spacial score (nSPS) is 24.2. The molecular weight excluding hydrogens is 234 g/mol. The largest absolute Gasteiger partial charge is 0.365 e. The van der Waals surface area contributed by atoms with E-state index in [2.05, 4.69) is 42.4 Å². The van der Waals surface area contributed by atoms with Gasteiger partial charge >= 0.3 is 0 Å². The molecule has 2 heteroatoms. The molecule has 1 fully saturated rings. The number of nitrogens with one attached hydrogen (secondary N) is 1. The highest BCUT2D eigenvalue weighted by Crippen LogP contribution is 2.35. The highest BCUT2D eigenvalue weighted by molar-refractivity contribution is 6.37. The minimum atomic E-state index is -0.00250. The first-order chi connectivity index (χ1) is 8.92. The molecule has 100 valence electrons. The molecule has 2 aliphatic rings. The molecule has 0 spiro atoms. The van der Waals surface area contributed by atoms with Gasteiger partial charge in [0.1, 0.15) is 0 Å². The molecule has 1 aliphatic carbocycles. The Kier molecular flexibility index (Phi) is 5.79. The summed E-state index contributed by atoms with van der Waals surface area (Å²) < 4.78 is 0. The Labute approximate surface area is 114 Å². The van der Waals surface area contributed by atoms with Crippen molar-refractivity contribution in [2.75, 3.05) is 0 Å². The zero-order valence-electron chi connectivity index (χ0n) is 11.7. The van der Waals surface area contributed by atoms with Crippen molar-refractivity contribution in [2.45, 2.75) is 57.0 Å². The van der Waals surface area contributed by atoms with E-state index < -0.39 is 0 Å². The Morgan fingerprint density at radius 2 is 1.78 bits per heavy atom.